The Morgan fingerprint density at radius 1 is 1.00 bits per heavy atom. The summed E-state index contributed by atoms with van der Waals surface area (Å²) in [4.78, 5) is 11.5. The Morgan fingerprint density at radius 3 is 2.47 bits per heavy atom. The summed E-state index contributed by atoms with van der Waals surface area (Å²) in [5.74, 6) is 0.488. The Kier molecular flexibility index (Phi) is 3.75. The van der Waals surface area contributed by atoms with Crippen molar-refractivity contribution < 1.29 is 24.5 Å². The molecule has 1 unspecified atom stereocenters. The van der Waals surface area contributed by atoms with Gasteiger partial charge in [0, 0.05) is 23.8 Å². The van der Waals surface area contributed by atoms with E-state index in [1.165, 1.54) is 12.3 Å². The van der Waals surface area contributed by atoms with Gasteiger partial charge in [-0.2, -0.15) is 0 Å². The number of hydrogen-bond acceptors (Lipinski definition) is 6. The summed E-state index contributed by atoms with van der Waals surface area (Å²) >= 11 is 0. The third kappa shape index (κ3) is 2.07. The Bertz CT molecular complexity index is 923. The fourth-order valence-electron chi connectivity index (χ4n) is 8.81. The van der Waals surface area contributed by atoms with Gasteiger partial charge in [-0.1, -0.05) is 13.8 Å². The molecule has 5 fully saturated rings. The highest BCUT2D eigenvalue weighted by Gasteiger charge is 2.84. The first kappa shape index (κ1) is 19.5. The van der Waals surface area contributed by atoms with Crippen LogP contribution >= 0.6 is 0 Å². The Hall–Kier alpha value is -1.21. The standard InChI is InChI=1S/C24H32O6/c1-21-8-5-14(25)11-23(21,28)10-7-16-15(21)6-9-22(2)18(13-3-4-17(26)29-12-13)19(27)20-24(16,22)30-20/h3-4,12,14-16,18-20,25,27-28H,5-11H2,1-2H3/t14-,15?,16+,18-,19+,20+,21+,22+,23-,24+/m0/s1. The molecule has 5 aliphatic rings. The van der Waals surface area contributed by atoms with E-state index in [9.17, 15) is 20.1 Å². The van der Waals surface area contributed by atoms with Gasteiger partial charge in [-0.3, -0.25) is 0 Å². The molecule has 0 bridgehead atoms. The highest BCUT2D eigenvalue weighted by molar-refractivity contribution is 5.38. The van der Waals surface area contributed by atoms with E-state index < -0.39 is 17.8 Å². The van der Waals surface area contributed by atoms with Crippen molar-refractivity contribution in [3.63, 3.8) is 0 Å². The van der Waals surface area contributed by atoms with Gasteiger partial charge in [-0.15, -0.1) is 0 Å². The molecule has 2 heterocycles. The lowest BCUT2D eigenvalue weighted by atomic mass is 9.42. The summed E-state index contributed by atoms with van der Waals surface area (Å²) < 4.78 is 11.6. The molecule has 1 saturated heterocycles. The lowest BCUT2D eigenvalue weighted by molar-refractivity contribution is -0.224. The van der Waals surface area contributed by atoms with E-state index in [4.69, 9.17) is 9.15 Å². The molecule has 1 spiro atoms. The molecule has 0 radical (unpaired) electrons. The van der Waals surface area contributed by atoms with E-state index in [1.807, 2.05) is 0 Å². The summed E-state index contributed by atoms with van der Waals surface area (Å²) in [6, 6.07) is 3.22. The highest BCUT2D eigenvalue weighted by atomic mass is 16.6. The van der Waals surface area contributed by atoms with E-state index in [0.29, 0.717) is 18.8 Å². The Labute approximate surface area is 176 Å². The number of fused-ring (bicyclic) bond motifs is 3. The zero-order valence-electron chi connectivity index (χ0n) is 17.7. The first-order valence-electron chi connectivity index (χ1n) is 11.5. The van der Waals surface area contributed by atoms with E-state index in [-0.39, 0.29) is 40.0 Å². The summed E-state index contributed by atoms with van der Waals surface area (Å²) in [7, 11) is 0. The lowest BCUT2D eigenvalue weighted by Gasteiger charge is -2.63. The number of epoxide rings is 1. The third-order valence-corrected chi connectivity index (χ3v) is 10.3. The highest BCUT2D eigenvalue weighted by Crippen LogP contribution is 2.78. The quantitative estimate of drug-likeness (QED) is 0.607. The molecular formula is C24H32O6. The van der Waals surface area contributed by atoms with Crippen molar-refractivity contribution >= 4 is 0 Å². The second-order valence-corrected chi connectivity index (χ2v) is 11.2. The minimum atomic E-state index is -0.819. The van der Waals surface area contributed by atoms with Gasteiger partial charge in [0.05, 0.1) is 24.1 Å². The lowest BCUT2D eigenvalue weighted by Crippen LogP contribution is -2.65. The molecule has 0 amide bonds. The molecule has 1 aromatic rings. The molecule has 30 heavy (non-hydrogen) atoms. The second-order valence-electron chi connectivity index (χ2n) is 11.2. The van der Waals surface area contributed by atoms with E-state index in [1.54, 1.807) is 6.07 Å². The van der Waals surface area contributed by atoms with E-state index >= 15 is 0 Å². The van der Waals surface area contributed by atoms with Gasteiger partial charge >= 0.3 is 5.63 Å². The number of rotatable bonds is 1. The fraction of sp³-hybridized carbons (Fsp3) is 0.792. The number of aliphatic hydroxyl groups is 3. The van der Waals surface area contributed by atoms with Gasteiger partial charge in [0.1, 0.15) is 11.7 Å². The predicted molar refractivity (Wildman–Crippen MR) is 108 cm³/mol. The van der Waals surface area contributed by atoms with E-state index in [0.717, 1.165) is 37.7 Å². The van der Waals surface area contributed by atoms with Crippen LogP contribution in [0.5, 0.6) is 0 Å². The molecule has 4 saturated carbocycles. The van der Waals surface area contributed by atoms with Crippen molar-refractivity contribution in [3.8, 4) is 0 Å². The van der Waals surface area contributed by atoms with Crippen LogP contribution in [0.25, 0.3) is 0 Å². The minimum absolute atomic E-state index is 0.122. The molecule has 1 aliphatic heterocycles. The monoisotopic (exact) mass is 416 g/mol. The number of aliphatic hydroxyl groups excluding tert-OH is 2. The number of hydrogen-bond donors (Lipinski definition) is 3. The van der Waals surface area contributed by atoms with Crippen LogP contribution in [0.4, 0.5) is 0 Å². The summed E-state index contributed by atoms with van der Waals surface area (Å²) in [5.41, 5.74) is -1.17. The van der Waals surface area contributed by atoms with Crippen molar-refractivity contribution in [2.24, 2.45) is 22.7 Å². The molecule has 4 aliphatic carbocycles. The van der Waals surface area contributed by atoms with Gasteiger partial charge < -0.3 is 24.5 Å². The normalized spacial score (nSPS) is 56.4. The second kappa shape index (κ2) is 5.77. The van der Waals surface area contributed by atoms with Gasteiger partial charge in [-0.05, 0) is 67.4 Å². The van der Waals surface area contributed by atoms with Gasteiger partial charge in [0.15, 0.2) is 0 Å². The molecule has 10 atom stereocenters. The first-order chi connectivity index (χ1) is 14.2. The van der Waals surface area contributed by atoms with Crippen LogP contribution in [0.15, 0.2) is 27.6 Å². The number of ether oxygens (including phenoxy) is 1. The SMILES string of the molecule is C[C@]12CC[C@H](O)C[C@@]1(O)CC[C@@H]1C2CC[C@]2(C)[C@@H](c3ccc(=O)oc3)[C@@H](O)[C@H]3O[C@]132. The van der Waals surface area contributed by atoms with Gasteiger partial charge in [0.25, 0.3) is 0 Å². The topological polar surface area (TPSA) is 103 Å². The maximum Gasteiger partial charge on any atom is 0.335 e. The smallest absolute Gasteiger partial charge is 0.335 e. The molecular weight excluding hydrogens is 384 g/mol. The van der Waals surface area contributed by atoms with Crippen LogP contribution < -0.4 is 5.63 Å². The zero-order valence-corrected chi connectivity index (χ0v) is 17.7. The average molecular weight is 417 g/mol. The molecule has 6 nitrogen and oxygen atoms in total. The zero-order chi connectivity index (χ0) is 21.1. The van der Waals surface area contributed by atoms with Crippen LogP contribution in [-0.2, 0) is 4.74 Å². The van der Waals surface area contributed by atoms with Gasteiger partial charge in [-0.25, -0.2) is 4.79 Å². The van der Waals surface area contributed by atoms with Crippen LogP contribution in [0.3, 0.4) is 0 Å². The van der Waals surface area contributed by atoms with E-state index in [2.05, 4.69) is 13.8 Å². The molecule has 1 aromatic heterocycles. The first-order valence-corrected chi connectivity index (χ1v) is 11.5. The van der Waals surface area contributed by atoms with Crippen molar-refractivity contribution in [2.75, 3.05) is 0 Å². The van der Waals surface area contributed by atoms with Crippen LogP contribution in [0.1, 0.15) is 70.3 Å². The minimum Gasteiger partial charge on any atom is -0.431 e. The van der Waals surface area contributed by atoms with Crippen LogP contribution in [-0.4, -0.2) is 44.8 Å². The largest absolute Gasteiger partial charge is 0.431 e. The van der Waals surface area contributed by atoms with Crippen LogP contribution in [0.2, 0.25) is 0 Å². The third-order valence-electron chi connectivity index (χ3n) is 10.3. The molecule has 3 N–H and O–H groups in total. The maximum absolute atomic E-state index is 11.6. The summed E-state index contributed by atoms with van der Waals surface area (Å²) in [6.07, 6.45) is 5.74. The molecule has 6 heteroatoms. The van der Waals surface area contributed by atoms with Crippen molar-refractivity contribution in [1.82, 2.24) is 0 Å². The average Bonchev–Trinajstić information content (AvgIpc) is 3.41. The summed E-state index contributed by atoms with van der Waals surface area (Å²) in [6.45, 7) is 4.46. The Balaban J connectivity index is 1.40. The van der Waals surface area contributed by atoms with Crippen molar-refractivity contribution in [2.45, 2.75) is 94.2 Å². The molecule has 6 rings (SSSR count). The predicted octanol–water partition coefficient (Wildman–Crippen LogP) is 2.34. The maximum atomic E-state index is 11.6. The molecule has 0 aromatic carbocycles. The molecule has 164 valence electrons. The fourth-order valence-corrected chi connectivity index (χ4v) is 8.81. The van der Waals surface area contributed by atoms with Crippen molar-refractivity contribution in [1.29, 1.82) is 0 Å². The Morgan fingerprint density at radius 2 is 1.73 bits per heavy atom. The van der Waals surface area contributed by atoms with Crippen LogP contribution in [0, 0.1) is 22.7 Å². The van der Waals surface area contributed by atoms with Crippen molar-refractivity contribution in [3.05, 3.63) is 34.4 Å². The summed E-state index contributed by atoms with van der Waals surface area (Å²) in [5, 5.41) is 33.1. The van der Waals surface area contributed by atoms with Gasteiger partial charge in [0.2, 0.25) is 0 Å².